The molecule has 7 heteroatoms. The van der Waals surface area contributed by atoms with Crippen LogP contribution in [0.1, 0.15) is 42.6 Å². The van der Waals surface area contributed by atoms with E-state index in [1.54, 1.807) is 6.92 Å². The quantitative estimate of drug-likeness (QED) is 0.404. The maximum absolute atomic E-state index is 12.2. The van der Waals surface area contributed by atoms with E-state index >= 15 is 0 Å². The van der Waals surface area contributed by atoms with Crippen molar-refractivity contribution in [1.82, 2.24) is 5.32 Å². The first kappa shape index (κ1) is 17.9. The second-order valence-electron chi connectivity index (χ2n) is 5.36. The van der Waals surface area contributed by atoms with Gasteiger partial charge >= 0.3 is 0 Å². The minimum atomic E-state index is -0.653. The molecule has 122 valence electrons. The van der Waals surface area contributed by atoms with E-state index < -0.39 is 16.9 Å². The number of carbonyl (C=O) groups excluding carboxylic acids is 1. The van der Waals surface area contributed by atoms with E-state index in [1.165, 1.54) is 12.1 Å². The van der Waals surface area contributed by atoms with Crippen LogP contribution >= 0.6 is 0 Å². The average molecular weight is 309 g/mol. The summed E-state index contributed by atoms with van der Waals surface area (Å²) in [7, 11) is 0. The van der Waals surface area contributed by atoms with Crippen molar-refractivity contribution in [2.75, 3.05) is 12.3 Å². The molecule has 0 radical (unpaired) electrons. The van der Waals surface area contributed by atoms with Crippen molar-refractivity contribution in [3.05, 3.63) is 33.4 Å². The lowest BCUT2D eigenvalue weighted by atomic mass is 9.96. The van der Waals surface area contributed by atoms with E-state index in [4.69, 9.17) is 5.73 Å². The van der Waals surface area contributed by atoms with Gasteiger partial charge in [0.2, 0.25) is 0 Å². The van der Waals surface area contributed by atoms with Crippen LogP contribution in [0.25, 0.3) is 0 Å². The molecule has 0 aromatic heterocycles. The Morgan fingerprint density at radius 3 is 2.50 bits per heavy atom. The molecule has 0 fully saturated rings. The van der Waals surface area contributed by atoms with Gasteiger partial charge in [-0.15, -0.1) is 0 Å². The summed E-state index contributed by atoms with van der Waals surface area (Å²) in [6.45, 7) is 5.69. The SMILES string of the molecule is CCC(CC)C(O)CNC(=O)c1cc(C)cc([N+](=O)[O-])c1N. The summed E-state index contributed by atoms with van der Waals surface area (Å²) in [5.41, 5.74) is 5.89. The summed E-state index contributed by atoms with van der Waals surface area (Å²) >= 11 is 0. The van der Waals surface area contributed by atoms with Crippen LogP contribution in [0.4, 0.5) is 11.4 Å². The highest BCUT2D eigenvalue weighted by Crippen LogP contribution is 2.27. The number of nitrogens with two attached hydrogens (primary N) is 1. The average Bonchev–Trinajstić information content (AvgIpc) is 2.47. The molecule has 0 aliphatic carbocycles. The third-order valence-corrected chi connectivity index (χ3v) is 3.81. The fraction of sp³-hybridized carbons (Fsp3) is 0.533. The monoisotopic (exact) mass is 309 g/mol. The third kappa shape index (κ3) is 4.17. The largest absolute Gasteiger partial charge is 0.393 e. The van der Waals surface area contributed by atoms with E-state index in [0.717, 1.165) is 12.8 Å². The molecule has 0 aliphatic rings. The van der Waals surface area contributed by atoms with Gasteiger partial charge in [-0.1, -0.05) is 26.7 Å². The summed E-state index contributed by atoms with van der Waals surface area (Å²) < 4.78 is 0. The zero-order chi connectivity index (χ0) is 16.9. The van der Waals surface area contributed by atoms with Crippen LogP contribution in [0.3, 0.4) is 0 Å². The lowest BCUT2D eigenvalue weighted by molar-refractivity contribution is -0.384. The number of amides is 1. The molecule has 1 atom stereocenters. The summed E-state index contributed by atoms with van der Waals surface area (Å²) in [6, 6.07) is 2.83. The standard InChI is InChI=1S/C15H23N3O4/c1-4-10(5-2)13(19)8-17-15(20)11-6-9(3)7-12(14(11)16)18(21)22/h6-7,10,13,19H,4-5,8,16H2,1-3H3,(H,17,20). The number of nitrogens with one attached hydrogen (secondary N) is 1. The van der Waals surface area contributed by atoms with Crippen LogP contribution in [0.15, 0.2) is 12.1 Å². The number of nitrogen functional groups attached to an aromatic ring is 1. The summed E-state index contributed by atoms with van der Waals surface area (Å²) in [4.78, 5) is 22.5. The van der Waals surface area contributed by atoms with Crippen molar-refractivity contribution in [2.24, 2.45) is 5.92 Å². The Bertz CT molecular complexity index is 556. The van der Waals surface area contributed by atoms with Crippen LogP contribution in [-0.4, -0.2) is 28.6 Å². The molecule has 0 saturated heterocycles. The number of aliphatic hydroxyl groups is 1. The van der Waals surface area contributed by atoms with Gasteiger partial charge in [0.1, 0.15) is 5.69 Å². The number of hydrogen-bond acceptors (Lipinski definition) is 5. The summed E-state index contributed by atoms with van der Waals surface area (Å²) in [5, 5.41) is 23.5. The predicted octanol–water partition coefficient (Wildman–Crippen LogP) is 2.01. The Balaban J connectivity index is 2.88. The fourth-order valence-electron chi connectivity index (χ4n) is 2.41. The number of hydrogen-bond donors (Lipinski definition) is 3. The molecule has 0 heterocycles. The molecule has 0 saturated carbocycles. The Morgan fingerprint density at radius 2 is 2.00 bits per heavy atom. The number of aryl methyl sites for hydroxylation is 1. The number of nitro benzene ring substituents is 1. The van der Waals surface area contributed by atoms with Crippen molar-refractivity contribution in [2.45, 2.75) is 39.7 Å². The maximum Gasteiger partial charge on any atom is 0.293 e. The van der Waals surface area contributed by atoms with Gasteiger partial charge in [-0.25, -0.2) is 0 Å². The normalized spacial score (nSPS) is 12.2. The lowest BCUT2D eigenvalue weighted by Gasteiger charge is -2.20. The fourth-order valence-corrected chi connectivity index (χ4v) is 2.41. The molecule has 1 unspecified atom stereocenters. The molecular weight excluding hydrogens is 286 g/mol. The molecule has 0 spiro atoms. The Kier molecular flexibility index (Phi) is 6.30. The second kappa shape index (κ2) is 7.74. The molecule has 1 aromatic rings. The molecule has 1 rings (SSSR count). The first-order valence-corrected chi connectivity index (χ1v) is 7.32. The van der Waals surface area contributed by atoms with Gasteiger partial charge in [-0.05, 0) is 24.5 Å². The Morgan fingerprint density at radius 1 is 1.41 bits per heavy atom. The van der Waals surface area contributed by atoms with Gasteiger partial charge in [0.15, 0.2) is 0 Å². The smallest absolute Gasteiger partial charge is 0.293 e. The summed E-state index contributed by atoms with van der Waals surface area (Å²) in [6.07, 6.45) is 0.969. The maximum atomic E-state index is 12.2. The van der Waals surface area contributed by atoms with Crippen molar-refractivity contribution in [3.8, 4) is 0 Å². The molecule has 1 aromatic carbocycles. The van der Waals surface area contributed by atoms with Gasteiger partial charge in [-0.2, -0.15) is 0 Å². The second-order valence-corrected chi connectivity index (χ2v) is 5.36. The summed E-state index contributed by atoms with van der Waals surface area (Å²) in [5.74, 6) is -0.418. The highest BCUT2D eigenvalue weighted by Gasteiger charge is 2.22. The highest BCUT2D eigenvalue weighted by molar-refractivity contribution is 6.01. The van der Waals surface area contributed by atoms with Crippen LogP contribution < -0.4 is 11.1 Å². The number of anilines is 1. The predicted molar refractivity (Wildman–Crippen MR) is 84.7 cm³/mol. The van der Waals surface area contributed by atoms with Crippen LogP contribution in [-0.2, 0) is 0 Å². The molecule has 0 aliphatic heterocycles. The number of aliphatic hydroxyl groups excluding tert-OH is 1. The van der Waals surface area contributed by atoms with Crippen molar-refractivity contribution in [1.29, 1.82) is 0 Å². The number of benzene rings is 1. The first-order chi connectivity index (χ1) is 10.3. The van der Waals surface area contributed by atoms with Gasteiger partial charge in [0.25, 0.3) is 11.6 Å². The van der Waals surface area contributed by atoms with Crippen molar-refractivity contribution in [3.63, 3.8) is 0 Å². The first-order valence-electron chi connectivity index (χ1n) is 7.32. The Labute approximate surface area is 129 Å². The van der Waals surface area contributed by atoms with Crippen molar-refractivity contribution < 1.29 is 14.8 Å². The van der Waals surface area contributed by atoms with Gasteiger partial charge in [0, 0.05) is 12.6 Å². The van der Waals surface area contributed by atoms with E-state index in [0.29, 0.717) is 5.56 Å². The topological polar surface area (TPSA) is 118 Å². The molecular formula is C15H23N3O4. The van der Waals surface area contributed by atoms with Gasteiger partial charge in [0.05, 0.1) is 16.6 Å². The van der Waals surface area contributed by atoms with Crippen LogP contribution in [0.2, 0.25) is 0 Å². The number of carbonyl (C=O) groups is 1. The minimum Gasteiger partial charge on any atom is -0.393 e. The molecule has 22 heavy (non-hydrogen) atoms. The van der Waals surface area contributed by atoms with Crippen LogP contribution in [0.5, 0.6) is 0 Å². The molecule has 1 amide bonds. The van der Waals surface area contributed by atoms with Crippen molar-refractivity contribution >= 4 is 17.3 Å². The van der Waals surface area contributed by atoms with E-state index in [-0.39, 0.29) is 29.4 Å². The van der Waals surface area contributed by atoms with Gasteiger partial charge < -0.3 is 16.2 Å². The number of nitro groups is 1. The van der Waals surface area contributed by atoms with E-state index in [9.17, 15) is 20.0 Å². The molecule has 4 N–H and O–H groups in total. The van der Waals surface area contributed by atoms with E-state index in [1.807, 2.05) is 13.8 Å². The third-order valence-electron chi connectivity index (χ3n) is 3.81. The number of rotatable bonds is 7. The highest BCUT2D eigenvalue weighted by atomic mass is 16.6. The van der Waals surface area contributed by atoms with E-state index in [2.05, 4.69) is 5.32 Å². The minimum absolute atomic E-state index is 0.0587. The van der Waals surface area contributed by atoms with Crippen LogP contribution in [0, 0.1) is 23.0 Å². The molecule has 7 nitrogen and oxygen atoms in total. The lowest BCUT2D eigenvalue weighted by Crippen LogP contribution is -2.36. The zero-order valence-corrected chi connectivity index (χ0v) is 13.1. The zero-order valence-electron chi connectivity index (χ0n) is 13.1. The van der Waals surface area contributed by atoms with Gasteiger partial charge in [-0.3, -0.25) is 14.9 Å². The molecule has 0 bridgehead atoms. The number of nitrogens with zero attached hydrogens (tertiary/aromatic N) is 1. The Hall–Kier alpha value is -2.15.